The molecule has 0 amide bonds. The van der Waals surface area contributed by atoms with Crippen LogP contribution in [0, 0.1) is 17.8 Å². The Morgan fingerprint density at radius 1 is 1.15 bits per heavy atom. The van der Waals surface area contributed by atoms with Crippen LogP contribution >= 0.6 is 0 Å². The van der Waals surface area contributed by atoms with Gasteiger partial charge in [0.1, 0.15) is 0 Å². The Balaban J connectivity index is 1.57. The molecule has 2 fully saturated rings. The first-order chi connectivity index (χ1) is 9.90. The molecule has 1 aromatic rings. The van der Waals surface area contributed by atoms with Gasteiger partial charge < -0.3 is 5.32 Å². The monoisotopic (exact) mass is 269 g/mol. The van der Waals surface area contributed by atoms with Crippen molar-refractivity contribution in [3.05, 3.63) is 35.4 Å². The molecule has 0 aliphatic heterocycles. The van der Waals surface area contributed by atoms with Gasteiger partial charge in [0.25, 0.3) is 0 Å². The molecule has 0 spiro atoms. The van der Waals surface area contributed by atoms with Crippen LogP contribution in [-0.2, 0) is 6.42 Å². The number of benzene rings is 1. The van der Waals surface area contributed by atoms with E-state index in [1.165, 1.54) is 38.5 Å². The van der Waals surface area contributed by atoms with Gasteiger partial charge in [-0.05, 0) is 67.0 Å². The number of fused-ring (bicyclic) bond motifs is 3. The van der Waals surface area contributed by atoms with E-state index in [2.05, 4.69) is 36.5 Å². The predicted molar refractivity (Wildman–Crippen MR) is 83.9 cm³/mol. The maximum Gasteiger partial charge on any atom is 0.0132 e. The quantitative estimate of drug-likeness (QED) is 0.866. The van der Waals surface area contributed by atoms with Gasteiger partial charge in [-0.2, -0.15) is 0 Å². The van der Waals surface area contributed by atoms with Gasteiger partial charge >= 0.3 is 0 Å². The summed E-state index contributed by atoms with van der Waals surface area (Å²) in [5.41, 5.74) is 3.33. The summed E-state index contributed by atoms with van der Waals surface area (Å²) >= 11 is 0. The summed E-state index contributed by atoms with van der Waals surface area (Å²) in [7, 11) is 0. The molecule has 4 rings (SSSR count). The summed E-state index contributed by atoms with van der Waals surface area (Å²) in [6.07, 6.45) is 8.61. The van der Waals surface area contributed by atoms with Crippen LogP contribution in [0.5, 0.6) is 0 Å². The smallest absolute Gasteiger partial charge is 0.0132 e. The van der Waals surface area contributed by atoms with Gasteiger partial charge in [0.05, 0.1) is 0 Å². The maximum atomic E-state index is 3.87. The summed E-state index contributed by atoms with van der Waals surface area (Å²) < 4.78 is 0. The largest absolute Gasteiger partial charge is 0.314 e. The lowest BCUT2D eigenvalue weighted by Crippen LogP contribution is -2.37. The van der Waals surface area contributed by atoms with Gasteiger partial charge in [0.2, 0.25) is 0 Å². The van der Waals surface area contributed by atoms with Crippen molar-refractivity contribution in [3.63, 3.8) is 0 Å². The van der Waals surface area contributed by atoms with Crippen molar-refractivity contribution >= 4 is 0 Å². The zero-order chi connectivity index (χ0) is 13.5. The Morgan fingerprint density at radius 2 is 1.95 bits per heavy atom. The molecule has 1 nitrogen and oxygen atoms in total. The highest BCUT2D eigenvalue weighted by Gasteiger charge is 2.57. The molecule has 0 bridgehead atoms. The highest BCUT2D eigenvalue weighted by atomic mass is 14.9. The molecule has 3 aliphatic rings. The van der Waals surface area contributed by atoms with E-state index in [4.69, 9.17) is 0 Å². The zero-order valence-electron chi connectivity index (χ0n) is 12.6. The zero-order valence-corrected chi connectivity index (χ0v) is 12.6. The van der Waals surface area contributed by atoms with Crippen molar-refractivity contribution in [2.45, 2.75) is 57.4 Å². The van der Waals surface area contributed by atoms with Crippen LogP contribution in [0.2, 0.25) is 0 Å². The molecule has 4 unspecified atom stereocenters. The first kappa shape index (κ1) is 12.9. The van der Waals surface area contributed by atoms with Gasteiger partial charge in [0, 0.05) is 6.04 Å². The Kier molecular flexibility index (Phi) is 3.34. The minimum atomic E-state index is 0.795. The van der Waals surface area contributed by atoms with E-state index < -0.39 is 0 Å². The second-order valence-corrected chi connectivity index (χ2v) is 7.13. The fourth-order valence-corrected chi connectivity index (χ4v) is 5.28. The normalized spacial score (nSPS) is 33.5. The molecule has 2 saturated carbocycles. The highest BCUT2D eigenvalue weighted by Crippen LogP contribution is 2.62. The van der Waals surface area contributed by atoms with E-state index >= 15 is 0 Å². The molecule has 1 N–H and O–H groups in total. The Bertz CT molecular complexity index is 474. The van der Waals surface area contributed by atoms with Crippen LogP contribution in [-0.4, -0.2) is 12.6 Å². The van der Waals surface area contributed by atoms with Gasteiger partial charge in [0.15, 0.2) is 0 Å². The van der Waals surface area contributed by atoms with Crippen LogP contribution in [0.25, 0.3) is 0 Å². The summed E-state index contributed by atoms with van der Waals surface area (Å²) in [6.45, 7) is 3.42. The molecule has 3 aliphatic carbocycles. The van der Waals surface area contributed by atoms with Gasteiger partial charge in [-0.1, -0.05) is 44.0 Å². The van der Waals surface area contributed by atoms with E-state index in [0.29, 0.717) is 0 Å². The minimum absolute atomic E-state index is 0.795. The number of nitrogens with one attached hydrogen (secondary N) is 1. The van der Waals surface area contributed by atoms with Crippen molar-refractivity contribution in [3.8, 4) is 0 Å². The van der Waals surface area contributed by atoms with Crippen LogP contribution < -0.4 is 5.32 Å². The second-order valence-electron chi connectivity index (χ2n) is 7.13. The van der Waals surface area contributed by atoms with Crippen molar-refractivity contribution in [1.82, 2.24) is 5.32 Å². The van der Waals surface area contributed by atoms with E-state index in [0.717, 1.165) is 36.3 Å². The number of aryl methyl sites for hydroxylation is 1. The Labute approximate surface area is 123 Å². The first-order valence-electron chi connectivity index (χ1n) is 8.71. The molecule has 0 radical (unpaired) electrons. The summed E-state index contributed by atoms with van der Waals surface area (Å²) in [5, 5.41) is 3.87. The molecule has 20 heavy (non-hydrogen) atoms. The van der Waals surface area contributed by atoms with E-state index in [1.54, 1.807) is 11.1 Å². The summed E-state index contributed by atoms with van der Waals surface area (Å²) in [5.74, 6) is 3.75. The van der Waals surface area contributed by atoms with E-state index in [1.807, 2.05) is 0 Å². The highest BCUT2D eigenvalue weighted by molar-refractivity contribution is 5.40. The predicted octanol–water partition coefficient (Wildman–Crippen LogP) is 4.13. The van der Waals surface area contributed by atoms with Gasteiger partial charge in [-0.25, -0.2) is 0 Å². The second kappa shape index (κ2) is 5.18. The van der Waals surface area contributed by atoms with Gasteiger partial charge in [-0.15, -0.1) is 0 Å². The molecule has 4 atom stereocenters. The average molecular weight is 269 g/mol. The van der Waals surface area contributed by atoms with Crippen molar-refractivity contribution in [2.75, 3.05) is 6.54 Å². The molecular formula is C19H27N. The first-order valence-corrected chi connectivity index (χ1v) is 8.71. The standard InChI is InChI=1S/C19H27N/c1-2-20-19(14-8-3-4-9-14)18-16-12-11-13-7-5-6-10-15(13)17(16)18/h5-7,10,14,16-20H,2-4,8-9,11-12H2,1H3. The topological polar surface area (TPSA) is 12.0 Å². The van der Waals surface area contributed by atoms with E-state index in [-0.39, 0.29) is 0 Å². The molecule has 0 aromatic heterocycles. The Morgan fingerprint density at radius 3 is 2.75 bits per heavy atom. The van der Waals surface area contributed by atoms with Crippen LogP contribution in [0.15, 0.2) is 24.3 Å². The number of hydrogen-bond donors (Lipinski definition) is 1. The number of hydrogen-bond acceptors (Lipinski definition) is 1. The lowest BCUT2D eigenvalue weighted by Gasteiger charge is -2.25. The third kappa shape index (κ3) is 2.02. The molecule has 0 heterocycles. The Hall–Kier alpha value is -0.820. The minimum Gasteiger partial charge on any atom is -0.314 e. The van der Waals surface area contributed by atoms with E-state index in [9.17, 15) is 0 Å². The van der Waals surface area contributed by atoms with Crippen molar-refractivity contribution in [2.24, 2.45) is 17.8 Å². The molecular weight excluding hydrogens is 242 g/mol. The van der Waals surface area contributed by atoms with Crippen LogP contribution in [0.3, 0.4) is 0 Å². The summed E-state index contributed by atoms with van der Waals surface area (Å²) in [6, 6.07) is 10.0. The van der Waals surface area contributed by atoms with Crippen molar-refractivity contribution < 1.29 is 0 Å². The fourth-order valence-electron chi connectivity index (χ4n) is 5.28. The maximum absolute atomic E-state index is 3.87. The third-order valence-corrected chi connectivity index (χ3v) is 6.15. The fraction of sp³-hybridized carbons (Fsp3) is 0.684. The lowest BCUT2D eigenvalue weighted by atomic mass is 9.91. The SMILES string of the molecule is CCNC(C1CCCC1)C1C2CCc3ccccc3C21. The lowest BCUT2D eigenvalue weighted by molar-refractivity contribution is 0.315. The van der Waals surface area contributed by atoms with Crippen molar-refractivity contribution in [1.29, 1.82) is 0 Å². The van der Waals surface area contributed by atoms with Gasteiger partial charge in [-0.3, -0.25) is 0 Å². The van der Waals surface area contributed by atoms with Crippen LogP contribution in [0.1, 0.15) is 56.1 Å². The average Bonchev–Trinajstić information content (AvgIpc) is 2.96. The number of rotatable bonds is 4. The summed E-state index contributed by atoms with van der Waals surface area (Å²) in [4.78, 5) is 0. The molecule has 0 saturated heterocycles. The molecule has 108 valence electrons. The molecule has 1 aromatic carbocycles. The van der Waals surface area contributed by atoms with Crippen LogP contribution in [0.4, 0.5) is 0 Å². The third-order valence-electron chi connectivity index (χ3n) is 6.15. The molecule has 1 heteroatoms.